The Balaban J connectivity index is 1.61. The Morgan fingerprint density at radius 1 is 1.12 bits per heavy atom. The highest BCUT2D eigenvalue weighted by Crippen LogP contribution is 2.30. The maximum Gasteiger partial charge on any atom is 0.279 e. The third kappa shape index (κ3) is 3.22. The second kappa shape index (κ2) is 6.85. The summed E-state index contributed by atoms with van der Waals surface area (Å²) in [6.07, 6.45) is 1.57. The average molecular weight is 363 g/mol. The van der Waals surface area contributed by atoms with Crippen molar-refractivity contribution in [3.63, 3.8) is 0 Å². The molecular formula is C18H13N5O2S. The van der Waals surface area contributed by atoms with Gasteiger partial charge in [-0.3, -0.25) is 9.59 Å². The Morgan fingerprint density at radius 2 is 1.92 bits per heavy atom. The molecule has 26 heavy (non-hydrogen) atoms. The lowest BCUT2D eigenvalue weighted by Gasteiger charge is -2.04. The van der Waals surface area contributed by atoms with Crippen molar-refractivity contribution in [3.8, 4) is 10.4 Å². The number of nitrogens with zero attached hydrogens (tertiary/aromatic N) is 4. The van der Waals surface area contributed by atoms with Gasteiger partial charge in [0.2, 0.25) is 5.91 Å². The Bertz CT molecular complexity index is 1120. The molecule has 0 aliphatic rings. The molecule has 0 fully saturated rings. The number of thiophene rings is 1. The minimum absolute atomic E-state index is 0.227. The molecule has 3 heterocycles. The summed E-state index contributed by atoms with van der Waals surface area (Å²) in [5.41, 5.74) is 0.666. The van der Waals surface area contributed by atoms with E-state index < -0.39 is 5.91 Å². The minimum Gasteiger partial charge on any atom is -0.309 e. The van der Waals surface area contributed by atoms with Crippen molar-refractivity contribution >= 4 is 33.3 Å². The molecule has 0 unspecified atom stereocenters. The lowest BCUT2D eigenvalue weighted by Crippen LogP contribution is -2.30. The molecule has 4 aromatic rings. The van der Waals surface area contributed by atoms with Gasteiger partial charge in [0.15, 0.2) is 4.83 Å². The summed E-state index contributed by atoms with van der Waals surface area (Å²) >= 11 is 1.40. The monoisotopic (exact) mass is 363 g/mol. The number of aromatic nitrogens is 4. The van der Waals surface area contributed by atoms with Gasteiger partial charge in [-0.1, -0.05) is 41.6 Å². The lowest BCUT2D eigenvalue weighted by molar-refractivity contribution is -0.117. The van der Waals surface area contributed by atoms with Gasteiger partial charge in [-0.05, 0) is 23.8 Å². The number of pyridine rings is 1. The molecule has 8 heteroatoms. The van der Waals surface area contributed by atoms with E-state index >= 15 is 0 Å². The second-order valence-corrected chi connectivity index (χ2v) is 6.54. The maximum atomic E-state index is 12.6. The first-order valence-corrected chi connectivity index (χ1v) is 8.66. The summed E-state index contributed by atoms with van der Waals surface area (Å²) in [6, 6.07) is 16.7. The van der Waals surface area contributed by atoms with Gasteiger partial charge in [0.25, 0.3) is 5.56 Å². The standard InChI is InChI=1S/C18H13N5O2S/c24-16(20-15-8-4-5-9-19-15)11-23-18(25)13-10-14(26-17(13)21-22-23)12-6-2-1-3-7-12/h1-10H,11H2,(H,19,20,24). The first-order valence-electron chi connectivity index (χ1n) is 7.84. The number of nitrogens with one attached hydrogen (secondary N) is 1. The van der Waals surface area contributed by atoms with Crippen molar-refractivity contribution in [2.45, 2.75) is 6.54 Å². The molecule has 0 radical (unpaired) electrons. The van der Waals surface area contributed by atoms with E-state index in [4.69, 9.17) is 0 Å². The number of anilines is 1. The summed E-state index contributed by atoms with van der Waals surface area (Å²) in [4.78, 5) is 30.3. The largest absolute Gasteiger partial charge is 0.309 e. The van der Waals surface area contributed by atoms with E-state index in [1.807, 2.05) is 30.3 Å². The van der Waals surface area contributed by atoms with Crippen LogP contribution in [0, 0.1) is 0 Å². The molecule has 0 spiro atoms. The van der Waals surface area contributed by atoms with Crippen molar-refractivity contribution in [1.82, 2.24) is 20.0 Å². The number of carbonyl (C=O) groups excluding carboxylic acids is 1. The van der Waals surface area contributed by atoms with Crippen LogP contribution in [0.25, 0.3) is 20.7 Å². The van der Waals surface area contributed by atoms with Crippen LogP contribution in [0.15, 0.2) is 65.6 Å². The van der Waals surface area contributed by atoms with Gasteiger partial charge in [-0.25, -0.2) is 9.67 Å². The van der Waals surface area contributed by atoms with Crippen LogP contribution in [0.5, 0.6) is 0 Å². The molecular weight excluding hydrogens is 350 g/mol. The van der Waals surface area contributed by atoms with E-state index in [1.54, 1.807) is 30.5 Å². The van der Waals surface area contributed by atoms with E-state index in [9.17, 15) is 9.59 Å². The fraction of sp³-hybridized carbons (Fsp3) is 0.0556. The van der Waals surface area contributed by atoms with Gasteiger partial charge in [-0.15, -0.1) is 16.4 Å². The van der Waals surface area contributed by atoms with Crippen molar-refractivity contribution in [3.05, 3.63) is 71.1 Å². The van der Waals surface area contributed by atoms with Crippen LogP contribution >= 0.6 is 11.3 Å². The van der Waals surface area contributed by atoms with Gasteiger partial charge in [0.1, 0.15) is 12.4 Å². The second-order valence-electron chi connectivity index (χ2n) is 5.51. The fourth-order valence-corrected chi connectivity index (χ4v) is 3.46. The summed E-state index contributed by atoms with van der Waals surface area (Å²) in [7, 11) is 0. The number of hydrogen-bond acceptors (Lipinski definition) is 6. The third-order valence-corrected chi connectivity index (χ3v) is 4.77. The molecule has 0 aliphatic carbocycles. The van der Waals surface area contributed by atoms with E-state index in [1.165, 1.54) is 11.3 Å². The molecule has 1 aromatic carbocycles. The highest BCUT2D eigenvalue weighted by atomic mass is 32.1. The summed E-state index contributed by atoms with van der Waals surface area (Å²) < 4.78 is 1.06. The highest BCUT2D eigenvalue weighted by Gasteiger charge is 2.13. The van der Waals surface area contributed by atoms with E-state index in [0.29, 0.717) is 16.0 Å². The van der Waals surface area contributed by atoms with Crippen LogP contribution in [0.1, 0.15) is 0 Å². The number of benzene rings is 1. The van der Waals surface area contributed by atoms with Crippen LogP contribution in [0.2, 0.25) is 0 Å². The summed E-state index contributed by atoms with van der Waals surface area (Å²) in [5.74, 6) is 0.0273. The molecule has 7 nitrogen and oxygen atoms in total. The van der Waals surface area contributed by atoms with Gasteiger partial charge in [-0.2, -0.15) is 0 Å². The van der Waals surface area contributed by atoms with Crippen LogP contribution in [-0.4, -0.2) is 25.9 Å². The van der Waals surface area contributed by atoms with Crippen LogP contribution in [0.4, 0.5) is 5.82 Å². The van der Waals surface area contributed by atoms with Crippen molar-refractivity contribution < 1.29 is 4.79 Å². The zero-order chi connectivity index (χ0) is 17.9. The van der Waals surface area contributed by atoms with Crippen LogP contribution in [-0.2, 0) is 11.3 Å². The van der Waals surface area contributed by atoms with Gasteiger partial charge >= 0.3 is 0 Å². The van der Waals surface area contributed by atoms with Crippen LogP contribution in [0.3, 0.4) is 0 Å². The Labute approximate surface area is 151 Å². The molecule has 0 saturated heterocycles. The third-order valence-electron chi connectivity index (χ3n) is 3.70. The first-order chi connectivity index (χ1) is 12.7. The van der Waals surface area contributed by atoms with E-state index in [-0.39, 0.29) is 12.1 Å². The predicted molar refractivity (Wildman–Crippen MR) is 100.0 cm³/mol. The normalized spacial score (nSPS) is 10.8. The number of amides is 1. The molecule has 0 bridgehead atoms. The SMILES string of the molecule is O=C(Cn1nnc2sc(-c3ccccc3)cc2c1=O)Nc1ccccn1. The Morgan fingerprint density at radius 3 is 2.69 bits per heavy atom. The fourth-order valence-electron chi connectivity index (χ4n) is 2.49. The van der Waals surface area contributed by atoms with E-state index in [2.05, 4.69) is 20.6 Å². The van der Waals surface area contributed by atoms with Gasteiger partial charge in [0, 0.05) is 11.1 Å². The molecule has 3 aromatic heterocycles. The zero-order valence-corrected chi connectivity index (χ0v) is 14.3. The molecule has 0 atom stereocenters. The van der Waals surface area contributed by atoms with Gasteiger partial charge < -0.3 is 5.32 Å². The quantitative estimate of drug-likeness (QED) is 0.602. The number of carbonyl (C=O) groups is 1. The Kier molecular flexibility index (Phi) is 4.24. The highest BCUT2D eigenvalue weighted by molar-refractivity contribution is 7.21. The number of fused-ring (bicyclic) bond motifs is 1. The smallest absolute Gasteiger partial charge is 0.279 e. The number of rotatable bonds is 4. The lowest BCUT2D eigenvalue weighted by atomic mass is 10.2. The van der Waals surface area contributed by atoms with Crippen molar-refractivity contribution in [2.75, 3.05) is 5.32 Å². The maximum absolute atomic E-state index is 12.6. The predicted octanol–water partition coefficient (Wildman–Crippen LogP) is 2.55. The summed E-state index contributed by atoms with van der Waals surface area (Å²) in [5, 5.41) is 11.0. The Hall–Kier alpha value is -3.39. The van der Waals surface area contributed by atoms with Crippen molar-refractivity contribution in [1.29, 1.82) is 0 Å². The van der Waals surface area contributed by atoms with Gasteiger partial charge in [0.05, 0.1) is 5.39 Å². The molecule has 128 valence electrons. The average Bonchev–Trinajstić information content (AvgIpc) is 3.11. The summed E-state index contributed by atoms with van der Waals surface area (Å²) in [6.45, 7) is -0.227. The molecule has 1 N–H and O–H groups in total. The molecule has 4 rings (SSSR count). The molecule has 0 saturated carbocycles. The topological polar surface area (TPSA) is 89.8 Å². The first kappa shape index (κ1) is 16.1. The van der Waals surface area contributed by atoms with Crippen molar-refractivity contribution in [2.24, 2.45) is 0 Å². The molecule has 0 aliphatic heterocycles. The number of hydrogen-bond donors (Lipinski definition) is 1. The zero-order valence-electron chi connectivity index (χ0n) is 13.5. The van der Waals surface area contributed by atoms with E-state index in [0.717, 1.165) is 15.1 Å². The minimum atomic E-state index is -0.391. The van der Waals surface area contributed by atoms with Crippen LogP contribution < -0.4 is 10.9 Å². The molecule has 1 amide bonds.